The smallest absolute Gasteiger partial charge is 0.215 e. The molecule has 0 bridgehead atoms. The fourth-order valence-corrected chi connectivity index (χ4v) is 16.5. The van der Waals surface area contributed by atoms with Gasteiger partial charge in [0.15, 0.2) is 0 Å². The molecule has 16 heteroatoms. The van der Waals surface area contributed by atoms with Crippen LogP contribution < -0.4 is 40.7 Å². The lowest BCUT2D eigenvalue weighted by atomic mass is 11.6. The molecule has 0 fully saturated rings. The lowest BCUT2D eigenvalue weighted by Crippen LogP contribution is -2.25. The van der Waals surface area contributed by atoms with Crippen molar-refractivity contribution < 1.29 is 0 Å². The van der Waals surface area contributed by atoms with Crippen molar-refractivity contribution in [2.24, 2.45) is 18.1 Å². The molecule has 0 saturated carbocycles. The molecule has 0 aromatic carbocycles. The highest BCUT2D eigenvalue weighted by atomic mass is 31.3. The van der Waals surface area contributed by atoms with Gasteiger partial charge in [0.1, 0.15) is 0 Å². The maximum Gasteiger partial charge on any atom is 0.215 e. The Bertz CT molecular complexity index is 487. The van der Waals surface area contributed by atoms with Gasteiger partial charge in [-0.2, -0.15) is 18.1 Å². The van der Waals surface area contributed by atoms with Crippen LogP contribution >= 0.6 is 30.0 Å². The zero-order valence-electron chi connectivity index (χ0n) is 15.6. The van der Waals surface area contributed by atoms with E-state index in [0.29, 0.717) is 0 Å². The van der Waals surface area contributed by atoms with Crippen LogP contribution in [0, 0.1) is 0 Å². The van der Waals surface area contributed by atoms with Crippen LogP contribution in [0.25, 0.3) is 0 Å². The highest BCUT2D eigenvalue weighted by Gasteiger charge is 2.33. The van der Waals surface area contributed by atoms with Gasteiger partial charge in [-0.1, -0.05) is 0 Å². The molecular formula is C8H32N12P4. The van der Waals surface area contributed by atoms with Crippen LogP contribution in [0.3, 0.4) is 0 Å². The topological polar surface area (TPSA) is 146 Å². The number of nitrogens with zero attached hydrogens (tertiary/aromatic N) is 4. The van der Waals surface area contributed by atoms with Crippen LogP contribution in [0.2, 0.25) is 0 Å². The normalized spacial score (nSPS) is 23.7. The van der Waals surface area contributed by atoms with E-state index in [4.69, 9.17) is 18.1 Å². The number of rotatable bonds is 8. The highest BCUT2D eigenvalue weighted by molar-refractivity contribution is 7.83. The third-order valence-corrected chi connectivity index (χ3v) is 16.8. The Kier molecular flexibility index (Phi) is 8.49. The second kappa shape index (κ2) is 9.00. The molecule has 0 radical (unpaired) electrons. The highest BCUT2D eigenvalue weighted by Crippen LogP contribution is 2.70. The van der Waals surface area contributed by atoms with Gasteiger partial charge in [-0.15, -0.1) is 0 Å². The van der Waals surface area contributed by atoms with Gasteiger partial charge < -0.3 is 0 Å². The van der Waals surface area contributed by atoms with E-state index < -0.39 is 30.0 Å². The summed E-state index contributed by atoms with van der Waals surface area (Å²) in [5.41, 5.74) is 0. The Morgan fingerprint density at radius 1 is 0.333 bits per heavy atom. The van der Waals surface area contributed by atoms with Crippen molar-refractivity contribution >= 4 is 30.0 Å². The zero-order valence-corrected chi connectivity index (χ0v) is 19.2. The van der Waals surface area contributed by atoms with E-state index in [-0.39, 0.29) is 0 Å². The van der Waals surface area contributed by atoms with Gasteiger partial charge in [0.25, 0.3) is 0 Å². The summed E-state index contributed by atoms with van der Waals surface area (Å²) in [5.74, 6) is 0. The maximum atomic E-state index is 5.03. The average Bonchev–Trinajstić information content (AvgIpc) is 2.63. The molecule has 0 amide bonds. The molecule has 24 heavy (non-hydrogen) atoms. The van der Waals surface area contributed by atoms with Crippen molar-refractivity contribution in [3.63, 3.8) is 0 Å². The van der Waals surface area contributed by atoms with E-state index >= 15 is 0 Å². The number of hydrogen-bond acceptors (Lipinski definition) is 12. The molecule has 1 heterocycles. The first-order valence-electron chi connectivity index (χ1n) is 7.39. The van der Waals surface area contributed by atoms with Gasteiger partial charge >= 0.3 is 0 Å². The van der Waals surface area contributed by atoms with Crippen molar-refractivity contribution in [3.8, 4) is 0 Å². The quantitative estimate of drug-likeness (QED) is 0.276. The number of nitrogens with one attached hydrogen (secondary N) is 8. The average molecular weight is 420 g/mol. The SMILES string of the molecule is CNP1(NC)=NP(NC)(NC)=NP(NC)(NC)=NP(NC)(NC)=N1. The fraction of sp³-hybridized carbons (Fsp3) is 1.00. The van der Waals surface area contributed by atoms with Crippen LogP contribution in [0.15, 0.2) is 18.1 Å². The maximum absolute atomic E-state index is 5.03. The summed E-state index contributed by atoms with van der Waals surface area (Å²) < 4.78 is 20.1. The Morgan fingerprint density at radius 3 is 0.542 bits per heavy atom. The minimum absolute atomic E-state index is 1.84. The van der Waals surface area contributed by atoms with E-state index in [1.165, 1.54) is 0 Å². The monoisotopic (exact) mass is 420 g/mol. The third kappa shape index (κ3) is 4.46. The lowest BCUT2D eigenvalue weighted by Gasteiger charge is -2.34. The minimum atomic E-state index is -2.44. The molecule has 1 aliphatic heterocycles. The summed E-state index contributed by atoms with van der Waals surface area (Å²) in [6.07, 6.45) is 0. The molecular weight excluding hydrogens is 388 g/mol. The van der Waals surface area contributed by atoms with E-state index in [0.717, 1.165) is 0 Å². The first kappa shape index (κ1) is 22.6. The molecule has 0 saturated heterocycles. The molecule has 144 valence electrons. The van der Waals surface area contributed by atoms with E-state index in [1.807, 2.05) is 56.4 Å². The largest absolute Gasteiger partial charge is 0.257 e. The van der Waals surface area contributed by atoms with Gasteiger partial charge in [0, 0.05) is 0 Å². The summed E-state index contributed by atoms with van der Waals surface area (Å²) in [7, 11) is 5.01. The molecule has 8 N–H and O–H groups in total. The molecule has 12 nitrogen and oxygen atoms in total. The first-order valence-corrected chi connectivity index (χ1v) is 14.2. The second-order valence-corrected chi connectivity index (χ2v) is 15.8. The summed E-state index contributed by atoms with van der Waals surface area (Å²) in [6, 6.07) is 0. The van der Waals surface area contributed by atoms with Gasteiger partial charge in [-0.25, -0.2) is 0 Å². The molecule has 1 aliphatic rings. The van der Waals surface area contributed by atoms with Crippen LogP contribution in [0.1, 0.15) is 0 Å². The van der Waals surface area contributed by atoms with Gasteiger partial charge in [0.05, 0.1) is 0 Å². The predicted octanol–water partition coefficient (Wildman–Crippen LogP) is 1.54. The molecule has 0 aromatic heterocycles. The van der Waals surface area contributed by atoms with E-state index in [1.54, 1.807) is 0 Å². The molecule has 0 atom stereocenters. The van der Waals surface area contributed by atoms with Crippen LogP contribution in [-0.4, -0.2) is 56.4 Å². The van der Waals surface area contributed by atoms with E-state index in [9.17, 15) is 0 Å². The van der Waals surface area contributed by atoms with Gasteiger partial charge in [-0.05, 0) is 56.4 Å². The Balaban J connectivity index is 4.05. The Morgan fingerprint density at radius 2 is 0.458 bits per heavy atom. The molecule has 0 spiro atoms. The predicted molar refractivity (Wildman–Crippen MR) is 110 cm³/mol. The molecule has 1 rings (SSSR count). The summed E-state index contributed by atoms with van der Waals surface area (Å²) in [6.45, 7) is 0. The van der Waals surface area contributed by atoms with Crippen molar-refractivity contribution in [1.29, 1.82) is 0 Å². The Hall–Kier alpha value is 0.600. The van der Waals surface area contributed by atoms with Gasteiger partial charge in [0.2, 0.25) is 30.0 Å². The van der Waals surface area contributed by atoms with Gasteiger partial charge in [-0.3, -0.25) is 40.7 Å². The first-order chi connectivity index (χ1) is 11.3. The van der Waals surface area contributed by atoms with Crippen molar-refractivity contribution in [1.82, 2.24) is 40.7 Å². The lowest BCUT2D eigenvalue weighted by molar-refractivity contribution is 1.05. The summed E-state index contributed by atoms with van der Waals surface area (Å²) in [5, 5.41) is 26.1. The number of hydrogen-bond donors (Lipinski definition) is 8. The van der Waals surface area contributed by atoms with Crippen LogP contribution in [0.4, 0.5) is 0 Å². The zero-order chi connectivity index (χ0) is 18.5. The third-order valence-electron chi connectivity index (χ3n) is 3.53. The Labute approximate surface area is 145 Å². The van der Waals surface area contributed by atoms with Crippen LogP contribution in [0.5, 0.6) is 0 Å². The standard InChI is InChI=1S/C8H32N12P4/c1-9-21(10-2)17-22(11-3,12-4)19-24(15-7,16-8)20-23(13-5,14-6)18-21/h9-16H,1-8H3. The minimum Gasteiger partial charge on any atom is -0.257 e. The molecule has 0 aliphatic carbocycles. The van der Waals surface area contributed by atoms with Crippen molar-refractivity contribution in [3.05, 3.63) is 0 Å². The fourth-order valence-electron chi connectivity index (χ4n) is 1.98. The summed E-state index contributed by atoms with van der Waals surface area (Å²) in [4.78, 5) is 0. The van der Waals surface area contributed by atoms with Crippen molar-refractivity contribution in [2.45, 2.75) is 0 Å². The summed E-state index contributed by atoms with van der Waals surface area (Å²) >= 11 is 0. The molecule has 0 aromatic rings. The van der Waals surface area contributed by atoms with E-state index in [2.05, 4.69) is 40.7 Å². The molecule has 0 unspecified atom stereocenters. The van der Waals surface area contributed by atoms with Crippen molar-refractivity contribution in [2.75, 3.05) is 56.4 Å². The van der Waals surface area contributed by atoms with Crippen LogP contribution in [-0.2, 0) is 0 Å². The second-order valence-electron chi connectivity index (χ2n) is 4.55.